The van der Waals surface area contributed by atoms with Crippen LogP contribution in [0.3, 0.4) is 0 Å². The number of aryl methyl sites for hydroxylation is 2. The maximum absolute atomic E-state index is 3.51. The number of aromatic amines is 1. The minimum absolute atomic E-state index is 0.429. The molecule has 1 nitrogen and oxygen atoms in total. The molecule has 0 saturated carbocycles. The van der Waals surface area contributed by atoms with Crippen molar-refractivity contribution in [2.45, 2.75) is 52.4 Å². The monoisotopic (exact) mass is 355 g/mol. The molecule has 0 bridgehead atoms. The van der Waals surface area contributed by atoms with Gasteiger partial charge >= 0.3 is 0 Å². The van der Waals surface area contributed by atoms with Crippen LogP contribution < -0.4 is 0 Å². The predicted octanol–water partition coefficient (Wildman–Crippen LogP) is 7.65. The van der Waals surface area contributed by atoms with Crippen LogP contribution in [0.25, 0.3) is 21.7 Å². The second-order valence-electron chi connectivity index (χ2n) is 7.81. The number of aromatic nitrogens is 1. The summed E-state index contributed by atoms with van der Waals surface area (Å²) in [6.07, 6.45) is 7.26. The highest BCUT2D eigenvalue weighted by molar-refractivity contribution is 5.92. The van der Waals surface area contributed by atoms with E-state index in [4.69, 9.17) is 0 Å². The Morgan fingerprint density at radius 1 is 0.815 bits per heavy atom. The summed E-state index contributed by atoms with van der Waals surface area (Å²) in [7, 11) is 0. The fourth-order valence-corrected chi connectivity index (χ4v) is 4.65. The number of benzene rings is 3. The first-order valence-corrected chi connectivity index (χ1v) is 10.3. The van der Waals surface area contributed by atoms with Crippen LogP contribution >= 0.6 is 0 Å². The molecule has 1 N–H and O–H groups in total. The maximum atomic E-state index is 3.51. The second-order valence-corrected chi connectivity index (χ2v) is 7.81. The van der Waals surface area contributed by atoms with Crippen molar-refractivity contribution in [1.29, 1.82) is 0 Å². The molecule has 4 aromatic rings. The molecule has 1 unspecified atom stereocenters. The number of para-hydroxylation sites is 1. The molecule has 27 heavy (non-hydrogen) atoms. The third-order valence-corrected chi connectivity index (χ3v) is 5.94. The van der Waals surface area contributed by atoms with Gasteiger partial charge in [0.2, 0.25) is 0 Å². The molecule has 0 aliphatic rings. The van der Waals surface area contributed by atoms with Crippen molar-refractivity contribution < 1.29 is 0 Å². The number of hydrogen-bond acceptors (Lipinski definition) is 0. The van der Waals surface area contributed by atoms with Crippen molar-refractivity contribution in [3.8, 4) is 0 Å². The molecular weight excluding hydrogens is 326 g/mol. The van der Waals surface area contributed by atoms with Crippen LogP contribution in [0.1, 0.15) is 60.8 Å². The molecule has 1 atom stereocenters. The molecule has 0 aliphatic carbocycles. The average Bonchev–Trinajstić information content (AvgIpc) is 3.11. The van der Waals surface area contributed by atoms with Gasteiger partial charge in [0.1, 0.15) is 0 Å². The molecule has 0 amide bonds. The number of hydrogen-bond donors (Lipinski definition) is 1. The molecule has 138 valence electrons. The molecule has 0 radical (unpaired) electrons. The summed E-state index contributed by atoms with van der Waals surface area (Å²) in [6.45, 7) is 6.81. The van der Waals surface area contributed by atoms with E-state index in [0.717, 1.165) is 0 Å². The van der Waals surface area contributed by atoms with E-state index in [1.807, 2.05) is 0 Å². The zero-order valence-corrected chi connectivity index (χ0v) is 16.7. The quantitative estimate of drug-likeness (QED) is 0.342. The standard InChI is InChI=1S/C26H29N/c1-4-5-6-13-23(24-17-27-25-15-10-9-12-21(24)25)26-19(3)16-18(2)20-11-7-8-14-22(20)26/h7-12,14-17,23,27H,4-6,13H2,1-3H3. The largest absolute Gasteiger partial charge is 0.361 e. The van der Waals surface area contributed by atoms with Gasteiger partial charge in [-0.25, -0.2) is 0 Å². The van der Waals surface area contributed by atoms with Crippen molar-refractivity contribution in [3.05, 3.63) is 83.0 Å². The number of fused-ring (bicyclic) bond motifs is 2. The van der Waals surface area contributed by atoms with Gasteiger partial charge in [0.25, 0.3) is 0 Å². The van der Waals surface area contributed by atoms with Crippen LogP contribution in [0, 0.1) is 13.8 Å². The third-order valence-electron chi connectivity index (χ3n) is 5.94. The molecule has 0 saturated heterocycles. The van der Waals surface area contributed by atoms with Crippen LogP contribution in [0.2, 0.25) is 0 Å². The first kappa shape index (κ1) is 17.9. The van der Waals surface area contributed by atoms with E-state index in [-0.39, 0.29) is 0 Å². The highest BCUT2D eigenvalue weighted by Crippen LogP contribution is 2.40. The van der Waals surface area contributed by atoms with E-state index in [1.54, 1.807) is 0 Å². The summed E-state index contributed by atoms with van der Waals surface area (Å²) in [5.74, 6) is 0.429. The van der Waals surface area contributed by atoms with E-state index in [1.165, 1.54) is 69.6 Å². The zero-order valence-electron chi connectivity index (χ0n) is 16.7. The van der Waals surface area contributed by atoms with Crippen LogP contribution in [0.4, 0.5) is 0 Å². The van der Waals surface area contributed by atoms with Crippen molar-refractivity contribution >= 4 is 21.7 Å². The number of H-pyrrole nitrogens is 1. The van der Waals surface area contributed by atoms with Gasteiger partial charge in [-0.2, -0.15) is 0 Å². The average molecular weight is 356 g/mol. The molecule has 1 heterocycles. The molecule has 1 aromatic heterocycles. The molecular formula is C26H29N. The Morgan fingerprint density at radius 2 is 1.52 bits per heavy atom. The van der Waals surface area contributed by atoms with Crippen molar-refractivity contribution in [1.82, 2.24) is 4.98 Å². The minimum Gasteiger partial charge on any atom is -0.361 e. The zero-order chi connectivity index (χ0) is 18.8. The number of rotatable bonds is 6. The van der Waals surface area contributed by atoms with Gasteiger partial charge in [0.05, 0.1) is 0 Å². The fourth-order valence-electron chi connectivity index (χ4n) is 4.65. The van der Waals surface area contributed by atoms with Gasteiger partial charge < -0.3 is 4.98 Å². The topological polar surface area (TPSA) is 15.8 Å². The Morgan fingerprint density at radius 3 is 2.30 bits per heavy atom. The van der Waals surface area contributed by atoms with Gasteiger partial charge in [-0.1, -0.05) is 74.7 Å². The molecule has 0 spiro atoms. The Kier molecular flexibility index (Phi) is 5.03. The Bertz CT molecular complexity index is 1070. The molecule has 0 aliphatic heterocycles. The fraction of sp³-hybridized carbons (Fsp3) is 0.308. The van der Waals surface area contributed by atoms with Gasteiger partial charge in [-0.15, -0.1) is 0 Å². The number of unbranched alkanes of at least 4 members (excludes halogenated alkanes) is 2. The normalized spacial score (nSPS) is 12.7. The Balaban J connectivity index is 1.93. The van der Waals surface area contributed by atoms with Gasteiger partial charge in [0.15, 0.2) is 0 Å². The first-order chi connectivity index (χ1) is 13.2. The van der Waals surface area contributed by atoms with Crippen molar-refractivity contribution in [3.63, 3.8) is 0 Å². The summed E-state index contributed by atoms with van der Waals surface area (Å²) in [5.41, 5.74) is 6.98. The smallest absolute Gasteiger partial charge is 0.0457 e. The van der Waals surface area contributed by atoms with Crippen LogP contribution in [0.5, 0.6) is 0 Å². The third kappa shape index (κ3) is 3.27. The lowest BCUT2D eigenvalue weighted by atomic mass is 9.81. The van der Waals surface area contributed by atoms with E-state index in [0.29, 0.717) is 5.92 Å². The van der Waals surface area contributed by atoms with Crippen LogP contribution in [0.15, 0.2) is 60.8 Å². The Labute approximate surface area is 162 Å². The van der Waals surface area contributed by atoms with E-state index < -0.39 is 0 Å². The summed E-state index contributed by atoms with van der Waals surface area (Å²) in [6, 6.07) is 20.0. The van der Waals surface area contributed by atoms with Crippen molar-refractivity contribution in [2.24, 2.45) is 0 Å². The highest BCUT2D eigenvalue weighted by atomic mass is 14.7. The molecule has 3 aromatic carbocycles. The maximum Gasteiger partial charge on any atom is 0.0457 e. The van der Waals surface area contributed by atoms with Gasteiger partial charge in [-0.3, -0.25) is 0 Å². The minimum atomic E-state index is 0.429. The van der Waals surface area contributed by atoms with Crippen LogP contribution in [-0.2, 0) is 0 Å². The summed E-state index contributed by atoms with van der Waals surface area (Å²) in [4.78, 5) is 3.51. The molecule has 0 fully saturated rings. The number of nitrogens with one attached hydrogen (secondary N) is 1. The predicted molar refractivity (Wildman–Crippen MR) is 118 cm³/mol. The second kappa shape index (κ2) is 7.60. The van der Waals surface area contributed by atoms with Crippen molar-refractivity contribution in [2.75, 3.05) is 0 Å². The van der Waals surface area contributed by atoms with Gasteiger partial charge in [0, 0.05) is 23.0 Å². The molecule has 4 rings (SSSR count). The molecule has 1 heteroatoms. The lowest BCUT2D eigenvalue weighted by Gasteiger charge is -2.23. The Hall–Kier alpha value is -2.54. The van der Waals surface area contributed by atoms with E-state index in [2.05, 4.69) is 86.5 Å². The highest BCUT2D eigenvalue weighted by Gasteiger charge is 2.22. The summed E-state index contributed by atoms with van der Waals surface area (Å²) >= 11 is 0. The first-order valence-electron chi connectivity index (χ1n) is 10.3. The van der Waals surface area contributed by atoms with Gasteiger partial charge in [-0.05, 0) is 59.4 Å². The lowest BCUT2D eigenvalue weighted by Crippen LogP contribution is -2.05. The summed E-state index contributed by atoms with van der Waals surface area (Å²) < 4.78 is 0. The SMILES string of the molecule is CCCCCC(c1c[nH]c2ccccc12)c1c(C)cc(C)c2ccccc12. The van der Waals surface area contributed by atoms with Crippen LogP contribution in [-0.4, -0.2) is 4.98 Å². The van der Waals surface area contributed by atoms with E-state index in [9.17, 15) is 0 Å². The lowest BCUT2D eigenvalue weighted by molar-refractivity contribution is 0.621. The summed E-state index contributed by atoms with van der Waals surface area (Å²) in [5, 5.41) is 4.17. The van der Waals surface area contributed by atoms with E-state index >= 15 is 0 Å².